The van der Waals surface area contributed by atoms with E-state index in [-0.39, 0.29) is 29.1 Å². The summed E-state index contributed by atoms with van der Waals surface area (Å²) in [6.07, 6.45) is 1.79. The third kappa shape index (κ3) is 1.65. The molecular formula is C15H15BN2O2S. The number of amides is 2. The smallest absolute Gasteiger partial charge is 0.234 e. The van der Waals surface area contributed by atoms with Gasteiger partial charge in [-0.15, -0.1) is 11.3 Å². The second-order valence-corrected chi connectivity index (χ2v) is 7.73. The summed E-state index contributed by atoms with van der Waals surface area (Å²) < 4.78 is 1.14. The van der Waals surface area contributed by atoms with Gasteiger partial charge in [0.05, 0.1) is 23.9 Å². The maximum atomic E-state index is 12.4. The Hall–Kier alpha value is -1.69. The lowest BCUT2D eigenvalue weighted by Gasteiger charge is -2.19. The summed E-state index contributed by atoms with van der Waals surface area (Å²) in [6.45, 7) is 4.39. The molecule has 2 aromatic heterocycles. The normalized spacial score (nSPS) is 26.5. The molecule has 2 atom stereocenters. The molecule has 0 spiro atoms. The van der Waals surface area contributed by atoms with Crippen LogP contribution in [0.15, 0.2) is 18.3 Å². The minimum atomic E-state index is -0.136. The molecule has 2 aromatic rings. The van der Waals surface area contributed by atoms with Gasteiger partial charge in [0.1, 0.15) is 7.85 Å². The predicted molar refractivity (Wildman–Crippen MR) is 84.1 cm³/mol. The molecule has 0 aromatic carbocycles. The van der Waals surface area contributed by atoms with Gasteiger partial charge in [-0.3, -0.25) is 19.5 Å². The maximum Gasteiger partial charge on any atom is 0.234 e. The monoisotopic (exact) mass is 298 g/mol. The second-order valence-electron chi connectivity index (χ2n) is 6.59. The van der Waals surface area contributed by atoms with Crippen LogP contribution in [-0.4, -0.2) is 29.5 Å². The average Bonchev–Trinajstić information content (AvgIpc) is 2.71. The maximum absolute atomic E-state index is 12.4. The first-order valence-electron chi connectivity index (χ1n) is 7.10. The summed E-state index contributed by atoms with van der Waals surface area (Å²) in [7, 11) is 2.05. The Balaban J connectivity index is 1.63. The number of hydrogen-bond acceptors (Lipinski definition) is 4. The molecule has 21 heavy (non-hydrogen) atoms. The van der Waals surface area contributed by atoms with Crippen LogP contribution in [0.5, 0.6) is 0 Å². The van der Waals surface area contributed by atoms with E-state index in [1.807, 2.05) is 33.8 Å². The van der Waals surface area contributed by atoms with Gasteiger partial charge in [0.2, 0.25) is 11.8 Å². The van der Waals surface area contributed by atoms with E-state index in [2.05, 4.69) is 4.98 Å². The molecule has 4 nitrogen and oxygen atoms in total. The van der Waals surface area contributed by atoms with Crippen LogP contribution < -0.4 is 5.46 Å². The van der Waals surface area contributed by atoms with Crippen molar-refractivity contribution in [3.05, 3.63) is 23.2 Å². The number of carbonyl (C=O) groups excluding carboxylic acids is 2. The number of thiophene rings is 1. The molecule has 1 aliphatic carbocycles. The second kappa shape index (κ2) is 3.94. The molecule has 106 valence electrons. The number of aromatic nitrogens is 1. The van der Waals surface area contributed by atoms with Gasteiger partial charge in [0, 0.05) is 15.8 Å². The lowest BCUT2D eigenvalue weighted by Crippen LogP contribution is -2.35. The highest BCUT2D eigenvalue weighted by atomic mass is 32.1. The summed E-state index contributed by atoms with van der Waals surface area (Å²) in [4.78, 5) is 31.5. The van der Waals surface area contributed by atoms with E-state index in [0.29, 0.717) is 6.54 Å². The zero-order valence-corrected chi connectivity index (χ0v) is 13.0. The number of nitrogens with zero attached hydrogens (tertiary/aromatic N) is 2. The fraction of sp³-hybridized carbons (Fsp3) is 0.400. The van der Waals surface area contributed by atoms with Gasteiger partial charge in [-0.2, -0.15) is 0 Å². The van der Waals surface area contributed by atoms with Crippen LogP contribution >= 0.6 is 11.3 Å². The van der Waals surface area contributed by atoms with Crippen LogP contribution in [0.25, 0.3) is 10.2 Å². The van der Waals surface area contributed by atoms with Crippen molar-refractivity contribution in [1.82, 2.24) is 9.88 Å². The zero-order valence-electron chi connectivity index (χ0n) is 12.2. The molecule has 0 bridgehead atoms. The highest BCUT2D eigenvalue weighted by Crippen LogP contribution is 2.63. The number of pyridine rings is 1. The van der Waals surface area contributed by atoms with Gasteiger partial charge in [0.25, 0.3) is 0 Å². The lowest BCUT2D eigenvalue weighted by molar-refractivity contribution is -0.143. The molecule has 4 rings (SSSR count). The Labute approximate surface area is 127 Å². The van der Waals surface area contributed by atoms with E-state index in [9.17, 15) is 9.59 Å². The number of piperidine rings is 1. The van der Waals surface area contributed by atoms with Gasteiger partial charge in [-0.25, -0.2) is 0 Å². The van der Waals surface area contributed by atoms with Gasteiger partial charge in [-0.1, -0.05) is 19.3 Å². The van der Waals surface area contributed by atoms with Crippen molar-refractivity contribution < 1.29 is 9.59 Å². The summed E-state index contributed by atoms with van der Waals surface area (Å²) in [5, 5.41) is 0. The fourth-order valence-electron chi connectivity index (χ4n) is 3.51. The minimum absolute atomic E-state index is 0.00265. The molecule has 1 aliphatic heterocycles. The van der Waals surface area contributed by atoms with E-state index in [0.717, 1.165) is 15.1 Å². The summed E-state index contributed by atoms with van der Waals surface area (Å²) in [5.74, 6) is -0.201. The van der Waals surface area contributed by atoms with Crippen molar-refractivity contribution in [3.63, 3.8) is 0 Å². The molecule has 0 radical (unpaired) electrons. The van der Waals surface area contributed by atoms with Crippen molar-refractivity contribution in [2.75, 3.05) is 0 Å². The topological polar surface area (TPSA) is 50.3 Å². The zero-order chi connectivity index (χ0) is 14.9. The van der Waals surface area contributed by atoms with Gasteiger partial charge in [0.15, 0.2) is 0 Å². The number of rotatable bonds is 2. The van der Waals surface area contributed by atoms with Crippen LogP contribution in [0, 0.1) is 17.3 Å². The molecule has 6 heteroatoms. The van der Waals surface area contributed by atoms with Gasteiger partial charge in [-0.05, 0) is 17.5 Å². The standard InChI is InChI=1S/C15H15BN2O2S/c1-15(2)10-11(15)14(20)18(13(10)19)6-7-5-9-12(21-7)8(16)3-4-17-9/h3-5,10-11H,6,16H2,1-2H3. The van der Waals surface area contributed by atoms with Crippen LogP contribution in [0.1, 0.15) is 18.7 Å². The third-order valence-electron chi connectivity index (χ3n) is 4.87. The highest BCUT2D eigenvalue weighted by molar-refractivity contribution is 7.20. The SMILES string of the molecule is Bc1ccnc2cc(CN3C(=O)C4C(C3=O)C4(C)C)sc12. The van der Waals surface area contributed by atoms with Crippen LogP contribution in [0.4, 0.5) is 0 Å². The van der Waals surface area contributed by atoms with Crippen LogP contribution in [0.2, 0.25) is 0 Å². The van der Waals surface area contributed by atoms with E-state index < -0.39 is 0 Å². The molecule has 1 saturated carbocycles. The molecule has 3 heterocycles. The predicted octanol–water partition coefficient (Wildman–Crippen LogP) is 0.696. The van der Waals surface area contributed by atoms with Crippen LogP contribution in [0.3, 0.4) is 0 Å². The number of carbonyl (C=O) groups is 2. The first kappa shape index (κ1) is 13.0. The van der Waals surface area contributed by atoms with E-state index in [1.54, 1.807) is 17.5 Å². The molecule has 2 amide bonds. The molecular weight excluding hydrogens is 283 g/mol. The van der Waals surface area contributed by atoms with E-state index >= 15 is 0 Å². The molecule has 2 unspecified atom stereocenters. The molecule has 2 aliphatic rings. The third-order valence-corrected chi connectivity index (χ3v) is 6.11. The summed E-state index contributed by atoms with van der Waals surface area (Å²) >= 11 is 1.62. The first-order chi connectivity index (χ1) is 9.91. The van der Waals surface area contributed by atoms with Crippen molar-refractivity contribution in [1.29, 1.82) is 0 Å². The number of fused-ring (bicyclic) bond motifs is 2. The first-order valence-corrected chi connectivity index (χ1v) is 7.92. The Morgan fingerprint density at radius 2 is 2.00 bits per heavy atom. The highest BCUT2D eigenvalue weighted by Gasteiger charge is 2.72. The van der Waals surface area contributed by atoms with Crippen LogP contribution in [-0.2, 0) is 16.1 Å². The van der Waals surface area contributed by atoms with Gasteiger partial charge < -0.3 is 0 Å². The number of likely N-dealkylation sites (tertiary alicyclic amines) is 1. The van der Waals surface area contributed by atoms with Crippen molar-refractivity contribution in [3.8, 4) is 0 Å². The minimum Gasteiger partial charge on any atom is -0.277 e. The summed E-state index contributed by atoms with van der Waals surface area (Å²) in [5.41, 5.74) is 1.99. The molecule has 2 fully saturated rings. The van der Waals surface area contributed by atoms with E-state index in [4.69, 9.17) is 0 Å². The van der Waals surface area contributed by atoms with Gasteiger partial charge >= 0.3 is 0 Å². The lowest BCUT2D eigenvalue weighted by atomic mass is 9.97. The fourth-order valence-corrected chi connectivity index (χ4v) is 4.58. The van der Waals surface area contributed by atoms with E-state index in [1.165, 1.54) is 10.4 Å². The van der Waals surface area contributed by atoms with Crippen molar-refractivity contribution in [2.24, 2.45) is 17.3 Å². The number of imide groups is 1. The van der Waals surface area contributed by atoms with Crippen molar-refractivity contribution >= 4 is 46.7 Å². The molecule has 1 saturated heterocycles. The Morgan fingerprint density at radius 1 is 1.33 bits per heavy atom. The molecule has 0 N–H and O–H groups in total. The summed E-state index contributed by atoms with van der Waals surface area (Å²) in [6, 6.07) is 3.97. The Bertz CT molecular complexity index is 774. The quantitative estimate of drug-likeness (QED) is 0.605. The average molecular weight is 298 g/mol. The Kier molecular flexibility index (Phi) is 2.44. The van der Waals surface area contributed by atoms with Crippen molar-refractivity contribution in [2.45, 2.75) is 20.4 Å². The Morgan fingerprint density at radius 3 is 2.62 bits per heavy atom. The largest absolute Gasteiger partial charge is 0.277 e. The number of hydrogen-bond donors (Lipinski definition) is 0.